The van der Waals surface area contributed by atoms with E-state index in [1.807, 2.05) is 42.5 Å². The summed E-state index contributed by atoms with van der Waals surface area (Å²) in [6.07, 6.45) is 0. The summed E-state index contributed by atoms with van der Waals surface area (Å²) in [6.45, 7) is 0. The Balaban J connectivity index is 1.34. The van der Waals surface area contributed by atoms with Crippen LogP contribution in [0.1, 0.15) is 20.7 Å². The third-order valence-electron chi connectivity index (χ3n) is 5.36. The average Bonchev–Trinajstić information content (AvgIpc) is 3.28. The molecule has 0 bridgehead atoms. The van der Waals surface area contributed by atoms with Gasteiger partial charge in [-0.2, -0.15) is 0 Å². The minimum absolute atomic E-state index is 0.210. The fraction of sp³-hybridized carbons (Fsp3) is 0. The van der Waals surface area contributed by atoms with E-state index < -0.39 is 0 Å². The van der Waals surface area contributed by atoms with Crippen LogP contribution in [0.15, 0.2) is 91.0 Å². The number of hydrogen-bond donors (Lipinski definition) is 4. The van der Waals surface area contributed by atoms with Crippen molar-refractivity contribution in [3.05, 3.63) is 102 Å². The number of aromatic nitrogens is 1. The van der Waals surface area contributed by atoms with Crippen LogP contribution in [0, 0.1) is 0 Å². The van der Waals surface area contributed by atoms with E-state index in [1.54, 1.807) is 48.5 Å². The molecule has 8 heteroatoms. The Kier molecular flexibility index (Phi) is 5.87. The summed E-state index contributed by atoms with van der Waals surface area (Å²) in [4.78, 5) is 29.8. The molecule has 6 N–H and O–H groups in total. The number of nitrogens with two attached hydrogens (primary N) is 2. The number of amides is 2. The van der Waals surface area contributed by atoms with E-state index in [0.29, 0.717) is 33.9 Å². The monoisotopic (exact) mass is 479 g/mol. The molecule has 0 unspecified atom stereocenters. The third-order valence-corrected chi connectivity index (χ3v) is 6.43. The van der Waals surface area contributed by atoms with E-state index in [4.69, 9.17) is 16.5 Å². The molecule has 0 atom stereocenters. The molecular weight excluding hydrogens is 458 g/mol. The highest BCUT2D eigenvalue weighted by molar-refractivity contribution is 7.21. The molecule has 1 heterocycles. The van der Waals surface area contributed by atoms with Gasteiger partial charge in [-0.15, -0.1) is 11.3 Å². The van der Waals surface area contributed by atoms with Gasteiger partial charge < -0.3 is 22.1 Å². The highest BCUT2D eigenvalue weighted by atomic mass is 32.1. The van der Waals surface area contributed by atoms with Crippen LogP contribution in [-0.2, 0) is 0 Å². The predicted octanol–water partition coefficient (Wildman–Crippen LogP) is 5.63. The van der Waals surface area contributed by atoms with E-state index in [1.165, 1.54) is 11.3 Å². The van der Waals surface area contributed by atoms with Crippen LogP contribution in [0.4, 0.5) is 22.7 Å². The second-order valence-electron chi connectivity index (χ2n) is 7.93. The zero-order chi connectivity index (χ0) is 24.4. The van der Waals surface area contributed by atoms with Crippen molar-refractivity contribution >= 4 is 56.1 Å². The van der Waals surface area contributed by atoms with Gasteiger partial charge >= 0.3 is 0 Å². The van der Waals surface area contributed by atoms with Crippen LogP contribution in [0.5, 0.6) is 0 Å². The largest absolute Gasteiger partial charge is 0.399 e. The summed E-state index contributed by atoms with van der Waals surface area (Å²) >= 11 is 1.51. The van der Waals surface area contributed by atoms with Crippen LogP contribution in [0.25, 0.3) is 20.8 Å². The Morgan fingerprint density at radius 1 is 0.686 bits per heavy atom. The first-order valence-electron chi connectivity index (χ1n) is 10.8. The SMILES string of the molecule is Nc1ccc(C(=O)Nc2cccc(-c3nc4ccc(NC(=O)c5ccc(N)cc5)cc4s3)c2)cc1. The Morgan fingerprint density at radius 2 is 1.26 bits per heavy atom. The van der Waals surface area contributed by atoms with E-state index in [0.717, 1.165) is 20.8 Å². The topological polar surface area (TPSA) is 123 Å². The van der Waals surface area contributed by atoms with Crippen LogP contribution in [0.3, 0.4) is 0 Å². The van der Waals surface area contributed by atoms with Gasteiger partial charge in [0.15, 0.2) is 0 Å². The fourth-order valence-corrected chi connectivity index (χ4v) is 4.53. The number of nitrogen functional groups attached to an aromatic ring is 2. The third kappa shape index (κ3) is 4.97. The molecule has 1 aromatic heterocycles. The first-order chi connectivity index (χ1) is 16.9. The fourth-order valence-electron chi connectivity index (χ4n) is 3.53. The molecule has 2 amide bonds. The molecule has 7 nitrogen and oxygen atoms in total. The lowest BCUT2D eigenvalue weighted by Crippen LogP contribution is -2.11. The summed E-state index contributed by atoms with van der Waals surface area (Å²) in [5.41, 5.74) is 16.7. The highest BCUT2D eigenvalue weighted by Crippen LogP contribution is 2.33. The quantitative estimate of drug-likeness (QED) is 0.243. The Bertz CT molecular complexity index is 1540. The Morgan fingerprint density at radius 3 is 1.86 bits per heavy atom. The minimum atomic E-state index is -0.215. The first kappa shape index (κ1) is 22.1. The van der Waals surface area contributed by atoms with Gasteiger partial charge in [0.05, 0.1) is 10.2 Å². The lowest BCUT2D eigenvalue weighted by Gasteiger charge is -2.07. The van der Waals surface area contributed by atoms with E-state index >= 15 is 0 Å². The molecule has 0 aliphatic rings. The van der Waals surface area contributed by atoms with E-state index in [9.17, 15) is 9.59 Å². The summed E-state index contributed by atoms with van der Waals surface area (Å²) in [5.74, 6) is -0.424. The maximum absolute atomic E-state index is 12.6. The zero-order valence-electron chi connectivity index (χ0n) is 18.5. The number of benzene rings is 4. The molecule has 0 spiro atoms. The number of carbonyl (C=O) groups is 2. The minimum Gasteiger partial charge on any atom is -0.399 e. The standard InChI is InChI=1S/C27H21N5O2S/c28-19-8-4-16(5-9-19)25(33)30-21-3-1-2-18(14-21)27-32-23-13-12-22(15-24(23)35-27)31-26(34)17-6-10-20(29)11-7-17/h1-15H,28-29H2,(H,30,33)(H,31,34). The van der Waals surface area contributed by atoms with Crippen molar-refractivity contribution in [1.82, 2.24) is 4.98 Å². The zero-order valence-corrected chi connectivity index (χ0v) is 19.3. The molecule has 4 aromatic carbocycles. The number of hydrogen-bond acceptors (Lipinski definition) is 6. The lowest BCUT2D eigenvalue weighted by atomic mass is 10.1. The number of anilines is 4. The van der Waals surface area contributed by atoms with Crippen molar-refractivity contribution < 1.29 is 9.59 Å². The van der Waals surface area contributed by atoms with E-state index in [-0.39, 0.29) is 11.8 Å². The summed E-state index contributed by atoms with van der Waals surface area (Å²) in [6, 6.07) is 26.7. The summed E-state index contributed by atoms with van der Waals surface area (Å²) in [7, 11) is 0. The van der Waals surface area contributed by atoms with Gasteiger partial charge in [-0.25, -0.2) is 4.98 Å². The van der Waals surface area contributed by atoms with Gasteiger partial charge in [0, 0.05) is 39.4 Å². The number of nitrogens with one attached hydrogen (secondary N) is 2. The summed E-state index contributed by atoms with van der Waals surface area (Å²) < 4.78 is 0.936. The number of rotatable bonds is 5. The average molecular weight is 480 g/mol. The molecule has 172 valence electrons. The Labute approximate surface area is 205 Å². The first-order valence-corrected chi connectivity index (χ1v) is 11.6. The highest BCUT2D eigenvalue weighted by Gasteiger charge is 2.11. The van der Waals surface area contributed by atoms with Gasteiger partial charge in [-0.05, 0) is 78.9 Å². The molecule has 35 heavy (non-hydrogen) atoms. The van der Waals surface area contributed by atoms with Gasteiger partial charge in [0.2, 0.25) is 0 Å². The molecule has 5 rings (SSSR count). The van der Waals surface area contributed by atoms with Crippen molar-refractivity contribution in [2.45, 2.75) is 0 Å². The normalized spacial score (nSPS) is 10.7. The van der Waals surface area contributed by atoms with Gasteiger partial charge in [-0.1, -0.05) is 12.1 Å². The molecule has 0 radical (unpaired) electrons. The molecular formula is C27H21N5O2S. The predicted molar refractivity (Wildman–Crippen MR) is 143 cm³/mol. The number of thiazole rings is 1. The van der Waals surface area contributed by atoms with Crippen molar-refractivity contribution in [2.75, 3.05) is 22.1 Å². The van der Waals surface area contributed by atoms with Crippen molar-refractivity contribution in [1.29, 1.82) is 0 Å². The second kappa shape index (κ2) is 9.28. The van der Waals surface area contributed by atoms with Crippen LogP contribution in [0.2, 0.25) is 0 Å². The molecule has 0 aliphatic carbocycles. The molecule has 0 saturated carbocycles. The van der Waals surface area contributed by atoms with E-state index in [2.05, 4.69) is 10.6 Å². The number of fused-ring (bicyclic) bond motifs is 1. The maximum atomic E-state index is 12.6. The van der Waals surface area contributed by atoms with Crippen molar-refractivity contribution in [3.8, 4) is 10.6 Å². The maximum Gasteiger partial charge on any atom is 0.255 e. The van der Waals surface area contributed by atoms with Crippen LogP contribution < -0.4 is 22.1 Å². The van der Waals surface area contributed by atoms with Gasteiger partial charge in [0.1, 0.15) is 5.01 Å². The molecule has 0 aliphatic heterocycles. The van der Waals surface area contributed by atoms with Crippen molar-refractivity contribution in [3.63, 3.8) is 0 Å². The smallest absolute Gasteiger partial charge is 0.255 e. The van der Waals surface area contributed by atoms with Gasteiger partial charge in [0.25, 0.3) is 11.8 Å². The lowest BCUT2D eigenvalue weighted by molar-refractivity contribution is 0.101. The molecule has 0 saturated heterocycles. The second-order valence-corrected chi connectivity index (χ2v) is 8.97. The van der Waals surface area contributed by atoms with Gasteiger partial charge in [-0.3, -0.25) is 9.59 Å². The number of nitrogens with zero attached hydrogens (tertiary/aromatic N) is 1. The van der Waals surface area contributed by atoms with Crippen LogP contribution >= 0.6 is 11.3 Å². The molecule has 5 aromatic rings. The van der Waals surface area contributed by atoms with Crippen molar-refractivity contribution in [2.24, 2.45) is 0 Å². The molecule has 0 fully saturated rings. The Hall–Kier alpha value is -4.69. The summed E-state index contributed by atoms with van der Waals surface area (Å²) in [5, 5.41) is 6.64. The number of carbonyl (C=O) groups excluding carboxylic acids is 2. The van der Waals surface area contributed by atoms with Crippen LogP contribution in [-0.4, -0.2) is 16.8 Å².